The van der Waals surface area contributed by atoms with Gasteiger partial charge in [-0.05, 0) is 37.5 Å². The zero-order chi connectivity index (χ0) is 11.4. The highest BCUT2D eigenvalue weighted by molar-refractivity contribution is 5.31. The quantitative estimate of drug-likeness (QED) is 0.848. The van der Waals surface area contributed by atoms with Crippen LogP contribution >= 0.6 is 0 Å². The average molecular weight is 220 g/mol. The second-order valence-corrected chi connectivity index (χ2v) is 4.46. The van der Waals surface area contributed by atoms with E-state index in [1.165, 1.54) is 12.0 Å². The van der Waals surface area contributed by atoms with E-state index in [2.05, 4.69) is 12.1 Å². The van der Waals surface area contributed by atoms with Crippen molar-refractivity contribution in [2.45, 2.75) is 44.6 Å². The summed E-state index contributed by atoms with van der Waals surface area (Å²) in [6, 6.07) is 8.16. The maximum absolute atomic E-state index is 10.0. The van der Waals surface area contributed by atoms with Gasteiger partial charge in [0.1, 0.15) is 5.75 Å². The molecule has 1 aromatic rings. The van der Waals surface area contributed by atoms with Gasteiger partial charge >= 0.3 is 0 Å². The molecule has 0 radical (unpaired) electrons. The van der Waals surface area contributed by atoms with Crippen molar-refractivity contribution in [2.75, 3.05) is 6.61 Å². The van der Waals surface area contributed by atoms with E-state index in [1.54, 1.807) is 0 Å². The van der Waals surface area contributed by atoms with Gasteiger partial charge in [-0.25, -0.2) is 0 Å². The van der Waals surface area contributed by atoms with E-state index in [0.717, 1.165) is 25.0 Å². The van der Waals surface area contributed by atoms with Gasteiger partial charge in [-0.2, -0.15) is 0 Å². The van der Waals surface area contributed by atoms with E-state index >= 15 is 0 Å². The molecule has 88 valence electrons. The summed E-state index contributed by atoms with van der Waals surface area (Å²) >= 11 is 0. The summed E-state index contributed by atoms with van der Waals surface area (Å²) in [6.45, 7) is 2.68. The fourth-order valence-corrected chi connectivity index (χ4v) is 2.50. The highest BCUT2D eigenvalue weighted by Crippen LogP contribution is 2.34. The highest BCUT2D eigenvalue weighted by Gasteiger charge is 2.24. The number of hydrogen-bond acceptors (Lipinski definition) is 2. The number of ether oxygens (including phenoxy) is 1. The first-order chi connectivity index (χ1) is 7.81. The molecular weight excluding hydrogens is 200 g/mol. The molecule has 2 rings (SSSR count). The lowest BCUT2D eigenvalue weighted by molar-refractivity contribution is 0.106. The Hall–Kier alpha value is -1.02. The van der Waals surface area contributed by atoms with Gasteiger partial charge in [-0.15, -0.1) is 0 Å². The number of aliphatic hydroxyl groups excluding tert-OH is 1. The predicted octanol–water partition coefficient (Wildman–Crippen LogP) is 3.10. The minimum Gasteiger partial charge on any atom is -0.494 e. The number of hydrogen-bond donors (Lipinski definition) is 1. The SMILES string of the molecule is CCOc1cccc(C2CCCCC2O)c1. The summed E-state index contributed by atoms with van der Waals surface area (Å²) in [7, 11) is 0. The van der Waals surface area contributed by atoms with Gasteiger partial charge < -0.3 is 9.84 Å². The van der Waals surface area contributed by atoms with Crippen molar-refractivity contribution in [1.29, 1.82) is 0 Å². The fourth-order valence-electron chi connectivity index (χ4n) is 2.50. The molecular formula is C14H20O2. The fraction of sp³-hybridized carbons (Fsp3) is 0.571. The molecule has 2 unspecified atom stereocenters. The third-order valence-corrected chi connectivity index (χ3v) is 3.33. The zero-order valence-corrected chi connectivity index (χ0v) is 9.86. The van der Waals surface area contributed by atoms with Crippen molar-refractivity contribution in [2.24, 2.45) is 0 Å². The summed E-state index contributed by atoms with van der Waals surface area (Å²) in [5.74, 6) is 1.21. The maximum atomic E-state index is 10.0. The van der Waals surface area contributed by atoms with Crippen molar-refractivity contribution in [3.05, 3.63) is 29.8 Å². The van der Waals surface area contributed by atoms with Crippen molar-refractivity contribution >= 4 is 0 Å². The van der Waals surface area contributed by atoms with E-state index in [9.17, 15) is 5.11 Å². The molecule has 2 atom stereocenters. The predicted molar refractivity (Wildman–Crippen MR) is 64.8 cm³/mol. The minimum absolute atomic E-state index is 0.175. The Morgan fingerprint density at radius 2 is 2.12 bits per heavy atom. The van der Waals surface area contributed by atoms with Crippen molar-refractivity contribution < 1.29 is 9.84 Å². The van der Waals surface area contributed by atoms with Gasteiger partial charge in [0.05, 0.1) is 12.7 Å². The Morgan fingerprint density at radius 1 is 1.31 bits per heavy atom. The molecule has 16 heavy (non-hydrogen) atoms. The number of rotatable bonds is 3. The van der Waals surface area contributed by atoms with Gasteiger partial charge in [0, 0.05) is 5.92 Å². The first-order valence-electron chi connectivity index (χ1n) is 6.22. The van der Waals surface area contributed by atoms with Gasteiger partial charge in [0.2, 0.25) is 0 Å². The maximum Gasteiger partial charge on any atom is 0.119 e. The van der Waals surface area contributed by atoms with Crippen LogP contribution in [0.3, 0.4) is 0 Å². The van der Waals surface area contributed by atoms with Crippen molar-refractivity contribution in [3.8, 4) is 5.75 Å². The van der Waals surface area contributed by atoms with E-state index < -0.39 is 0 Å². The van der Waals surface area contributed by atoms with Crippen molar-refractivity contribution in [1.82, 2.24) is 0 Å². The first-order valence-corrected chi connectivity index (χ1v) is 6.22. The Morgan fingerprint density at radius 3 is 2.88 bits per heavy atom. The zero-order valence-electron chi connectivity index (χ0n) is 9.86. The van der Waals surface area contributed by atoms with E-state index in [-0.39, 0.29) is 6.10 Å². The first kappa shape index (κ1) is 11.5. The van der Waals surface area contributed by atoms with Gasteiger partial charge in [0.15, 0.2) is 0 Å². The molecule has 0 heterocycles. The smallest absolute Gasteiger partial charge is 0.119 e. The average Bonchev–Trinajstić information content (AvgIpc) is 2.30. The Balaban J connectivity index is 2.15. The topological polar surface area (TPSA) is 29.5 Å². The normalized spacial score (nSPS) is 25.4. The number of aliphatic hydroxyl groups is 1. The van der Waals surface area contributed by atoms with Crippen LogP contribution in [0.25, 0.3) is 0 Å². The monoisotopic (exact) mass is 220 g/mol. The molecule has 1 saturated carbocycles. The summed E-state index contributed by atoms with van der Waals surface area (Å²) in [5.41, 5.74) is 1.22. The molecule has 1 aliphatic rings. The molecule has 0 amide bonds. The highest BCUT2D eigenvalue weighted by atomic mass is 16.5. The van der Waals surface area contributed by atoms with Crippen molar-refractivity contribution in [3.63, 3.8) is 0 Å². The second-order valence-electron chi connectivity index (χ2n) is 4.46. The third-order valence-electron chi connectivity index (χ3n) is 3.33. The Bertz CT molecular complexity index is 335. The molecule has 1 N–H and O–H groups in total. The summed E-state index contributed by atoms with van der Waals surface area (Å²) < 4.78 is 5.49. The lowest BCUT2D eigenvalue weighted by Crippen LogP contribution is -2.22. The lowest BCUT2D eigenvalue weighted by atomic mass is 9.82. The van der Waals surface area contributed by atoms with Crippen LogP contribution in [0.4, 0.5) is 0 Å². The summed E-state index contributed by atoms with van der Waals surface area (Å²) in [5, 5.41) is 10.0. The molecule has 1 aliphatic carbocycles. The van der Waals surface area contributed by atoms with Crippen LogP contribution in [-0.2, 0) is 0 Å². The molecule has 0 spiro atoms. The Kier molecular flexibility index (Phi) is 3.83. The van der Waals surface area contributed by atoms with E-state index in [0.29, 0.717) is 12.5 Å². The van der Waals surface area contributed by atoms with Crippen LogP contribution in [0.1, 0.15) is 44.1 Å². The van der Waals surface area contributed by atoms with Gasteiger partial charge in [-0.1, -0.05) is 25.0 Å². The molecule has 0 aliphatic heterocycles. The molecule has 0 saturated heterocycles. The second kappa shape index (κ2) is 5.35. The summed E-state index contributed by atoms with van der Waals surface area (Å²) in [4.78, 5) is 0. The molecule has 2 nitrogen and oxygen atoms in total. The summed E-state index contributed by atoms with van der Waals surface area (Å²) in [6.07, 6.45) is 4.23. The molecule has 0 aromatic heterocycles. The lowest BCUT2D eigenvalue weighted by Gasteiger charge is -2.28. The van der Waals surface area contributed by atoms with Crippen LogP contribution < -0.4 is 4.74 Å². The molecule has 2 heteroatoms. The van der Waals surface area contributed by atoms with Crippen LogP contribution in [-0.4, -0.2) is 17.8 Å². The van der Waals surface area contributed by atoms with Crippen LogP contribution in [0, 0.1) is 0 Å². The van der Waals surface area contributed by atoms with Crippen LogP contribution in [0.15, 0.2) is 24.3 Å². The van der Waals surface area contributed by atoms with E-state index in [4.69, 9.17) is 4.74 Å². The van der Waals surface area contributed by atoms with Gasteiger partial charge in [-0.3, -0.25) is 0 Å². The van der Waals surface area contributed by atoms with E-state index in [1.807, 2.05) is 19.1 Å². The van der Waals surface area contributed by atoms with Gasteiger partial charge in [0.25, 0.3) is 0 Å². The minimum atomic E-state index is -0.175. The molecule has 0 bridgehead atoms. The standard InChI is InChI=1S/C14H20O2/c1-2-16-12-7-5-6-11(10-12)13-8-3-4-9-14(13)15/h5-7,10,13-15H,2-4,8-9H2,1H3. The third kappa shape index (κ3) is 2.56. The van der Waals surface area contributed by atoms with Crippen LogP contribution in [0.5, 0.6) is 5.75 Å². The molecule has 1 aromatic carbocycles. The molecule has 1 fully saturated rings. The number of benzene rings is 1. The van der Waals surface area contributed by atoms with Crippen LogP contribution in [0.2, 0.25) is 0 Å². The Labute approximate surface area is 97.3 Å². The largest absolute Gasteiger partial charge is 0.494 e.